The van der Waals surface area contributed by atoms with Gasteiger partial charge >= 0.3 is 10.2 Å². The SMILES string of the molecule is CCN1CC/C=C\[C@H](OCC(=O)N2CCCC2)[C@@H]2CC[C@H]2CN2C[C@@]3(CCCc4cc(Cl)ccc43)COc3ccc(cc32)C(=O)NS1(=O)=O. The minimum atomic E-state index is -4.09. The van der Waals surface area contributed by atoms with Crippen molar-refractivity contribution in [1.29, 1.82) is 0 Å². The van der Waals surface area contributed by atoms with Crippen molar-refractivity contribution in [2.45, 2.75) is 69.8 Å². The van der Waals surface area contributed by atoms with Crippen LogP contribution in [0, 0.1) is 11.8 Å². The van der Waals surface area contributed by atoms with Crippen molar-refractivity contribution in [1.82, 2.24) is 13.9 Å². The standard InChI is InChI=1S/C37H47ClN4O6S/c1-2-42-19-4-3-9-33(47-23-35(43)40-17-5-6-18-40)30-13-10-28(30)22-41-24-37(16-7-8-26-20-29(38)12-14-31(26)37)25-48-34-15-11-27(21-32(34)41)36(44)39-49(42,45)46/h3,9,11-12,14-15,20-21,28,30,33H,2,4-8,10,13,16-19,22-25H2,1H3,(H,39,44)/b9-3-/t28-,30+,33-,37-/m0/s1. The summed E-state index contributed by atoms with van der Waals surface area (Å²) in [6, 6.07) is 11.4. The largest absolute Gasteiger partial charge is 0.490 e. The van der Waals surface area contributed by atoms with Crippen LogP contribution in [0.4, 0.5) is 5.69 Å². The van der Waals surface area contributed by atoms with Crippen LogP contribution in [0.2, 0.25) is 5.02 Å². The van der Waals surface area contributed by atoms with Gasteiger partial charge in [0.1, 0.15) is 12.4 Å². The number of fused-ring (bicyclic) bond motifs is 4. The third kappa shape index (κ3) is 7.09. The molecule has 4 atom stereocenters. The van der Waals surface area contributed by atoms with Crippen molar-refractivity contribution < 1.29 is 27.5 Å². The average molecular weight is 711 g/mol. The average Bonchev–Trinajstić information content (AvgIpc) is 3.57. The Balaban J connectivity index is 1.25. The first-order valence-corrected chi connectivity index (χ1v) is 19.7. The predicted octanol–water partition coefficient (Wildman–Crippen LogP) is 5.10. The van der Waals surface area contributed by atoms with E-state index in [0.717, 1.165) is 68.7 Å². The molecule has 12 heteroatoms. The molecule has 2 aliphatic carbocycles. The second kappa shape index (κ2) is 14.2. The first kappa shape index (κ1) is 34.3. The predicted molar refractivity (Wildman–Crippen MR) is 189 cm³/mol. The first-order chi connectivity index (χ1) is 23.7. The fourth-order valence-electron chi connectivity index (χ4n) is 8.48. The number of hydrogen-bond donors (Lipinski definition) is 1. The smallest absolute Gasteiger partial charge is 0.304 e. The Morgan fingerprint density at radius 3 is 2.71 bits per heavy atom. The van der Waals surface area contributed by atoms with Gasteiger partial charge < -0.3 is 19.3 Å². The second-order valence-corrected chi connectivity index (χ2v) is 16.4. The number of carbonyl (C=O) groups excluding carboxylic acids is 2. The number of anilines is 1. The zero-order valence-electron chi connectivity index (χ0n) is 28.2. The number of hydrogen-bond acceptors (Lipinski definition) is 7. The van der Waals surface area contributed by atoms with Crippen LogP contribution in [0.15, 0.2) is 48.6 Å². The van der Waals surface area contributed by atoms with Crippen LogP contribution >= 0.6 is 11.6 Å². The van der Waals surface area contributed by atoms with Crippen molar-refractivity contribution in [3.05, 3.63) is 70.3 Å². The number of nitrogens with zero attached hydrogens (tertiary/aromatic N) is 3. The molecule has 5 aliphatic rings. The van der Waals surface area contributed by atoms with E-state index in [0.29, 0.717) is 31.9 Å². The fraction of sp³-hybridized carbons (Fsp3) is 0.568. The number of amides is 2. The van der Waals surface area contributed by atoms with Gasteiger partial charge in [-0.3, -0.25) is 9.59 Å². The number of ether oxygens (including phenoxy) is 2. The number of nitrogens with one attached hydrogen (secondary N) is 1. The van der Waals surface area contributed by atoms with Crippen LogP contribution in [0.1, 0.15) is 73.4 Å². The number of likely N-dealkylation sites (tertiary alicyclic amines) is 1. The second-order valence-electron chi connectivity index (χ2n) is 14.3. The number of halogens is 1. The van der Waals surface area contributed by atoms with E-state index in [4.69, 9.17) is 21.1 Å². The van der Waals surface area contributed by atoms with Gasteiger partial charge in [-0.25, -0.2) is 4.72 Å². The highest BCUT2D eigenvalue weighted by Crippen LogP contribution is 2.47. The third-order valence-corrected chi connectivity index (χ3v) is 13.1. The normalized spacial score (nSPS) is 29.2. The minimum absolute atomic E-state index is 0.0250. The van der Waals surface area contributed by atoms with Gasteiger partial charge in [0.2, 0.25) is 5.91 Å². The lowest BCUT2D eigenvalue weighted by atomic mass is 9.68. The number of rotatable bonds is 4. The Bertz CT molecular complexity index is 1710. The van der Waals surface area contributed by atoms with Crippen molar-refractivity contribution in [3.8, 4) is 5.75 Å². The van der Waals surface area contributed by atoms with Crippen LogP contribution < -0.4 is 14.4 Å². The van der Waals surface area contributed by atoms with Gasteiger partial charge in [-0.05, 0) is 105 Å². The van der Waals surface area contributed by atoms with E-state index in [2.05, 4.69) is 21.8 Å². The zero-order chi connectivity index (χ0) is 34.2. The molecule has 2 aromatic rings. The molecule has 2 bridgehead atoms. The van der Waals surface area contributed by atoms with E-state index in [-0.39, 0.29) is 54.5 Å². The fourth-order valence-corrected chi connectivity index (χ4v) is 9.84. The molecule has 0 unspecified atom stereocenters. The minimum Gasteiger partial charge on any atom is -0.490 e. The maximum atomic E-state index is 13.5. The van der Waals surface area contributed by atoms with Gasteiger partial charge in [0.15, 0.2) is 0 Å². The summed E-state index contributed by atoms with van der Waals surface area (Å²) in [4.78, 5) is 30.8. The van der Waals surface area contributed by atoms with Gasteiger partial charge in [-0.1, -0.05) is 36.7 Å². The molecule has 10 nitrogen and oxygen atoms in total. The van der Waals surface area contributed by atoms with Gasteiger partial charge in [0, 0.05) is 55.3 Å². The van der Waals surface area contributed by atoms with Crippen LogP contribution in [-0.2, 0) is 31.6 Å². The maximum Gasteiger partial charge on any atom is 0.304 e. The number of aryl methyl sites for hydroxylation is 1. The molecule has 1 spiro atoms. The summed E-state index contributed by atoms with van der Waals surface area (Å²) in [6.45, 7) is 5.65. The Labute approximate surface area is 294 Å². The van der Waals surface area contributed by atoms with Crippen molar-refractivity contribution in [3.63, 3.8) is 0 Å². The van der Waals surface area contributed by atoms with Crippen molar-refractivity contribution in [2.24, 2.45) is 11.8 Å². The molecule has 1 saturated carbocycles. The summed E-state index contributed by atoms with van der Waals surface area (Å²) in [5, 5.41) is 0.727. The molecule has 1 N–H and O–H groups in total. The van der Waals surface area contributed by atoms with E-state index < -0.39 is 16.1 Å². The summed E-state index contributed by atoms with van der Waals surface area (Å²) >= 11 is 6.45. The summed E-state index contributed by atoms with van der Waals surface area (Å²) in [6.07, 6.45) is 11.1. The molecule has 7 rings (SSSR count). The van der Waals surface area contributed by atoms with E-state index in [9.17, 15) is 18.0 Å². The van der Waals surface area contributed by atoms with E-state index in [1.807, 2.05) is 23.1 Å². The van der Waals surface area contributed by atoms with E-state index in [1.54, 1.807) is 25.1 Å². The van der Waals surface area contributed by atoms with Crippen LogP contribution in [0.3, 0.4) is 0 Å². The molecule has 2 aromatic carbocycles. The molecule has 2 amide bonds. The van der Waals surface area contributed by atoms with Crippen LogP contribution in [0.25, 0.3) is 0 Å². The molecule has 1 saturated heterocycles. The van der Waals surface area contributed by atoms with E-state index in [1.165, 1.54) is 15.4 Å². The van der Waals surface area contributed by atoms with E-state index >= 15 is 0 Å². The summed E-state index contributed by atoms with van der Waals surface area (Å²) in [5.41, 5.74) is 3.25. The van der Waals surface area contributed by atoms with Gasteiger partial charge in [-0.2, -0.15) is 12.7 Å². The number of carbonyl (C=O) groups is 2. The molecule has 0 aromatic heterocycles. The highest BCUT2D eigenvalue weighted by atomic mass is 35.5. The number of benzene rings is 2. The topological polar surface area (TPSA) is 108 Å². The molecule has 2 fully saturated rings. The lowest BCUT2D eigenvalue weighted by Crippen LogP contribution is -2.50. The molecule has 3 heterocycles. The Morgan fingerprint density at radius 1 is 1.10 bits per heavy atom. The zero-order valence-corrected chi connectivity index (χ0v) is 29.8. The van der Waals surface area contributed by atoms with Gasteiger partial charge in [0.05, 0.1) is 18.4 Å². The highest BCUT2D eigenvalue weighted by molar-refractivity contribution is 7.87. The Morgan fingerprint density at radius 2 is 1.94 bits per heavy atom. The maximum absolute atomic E-state index is 13.5. The lowest BCUT2D eigenvalue weighted by molar-refractivity contribution is -0.138. The first-order valence-electron chi connectivity index (χ1n) is 17.8. The summed E-state index contributed by atoms with van der Waals surface area (Å²) < 4.78 is 43.3. The van der Waals surface area contributed by atoms with Crippen molar-refractivity contribution >= 4 is 39.3 Å². The molecule has 264 valence electrons. The monoisotopic (exact) mass is 710 g/mol. The van der Waals surface area contributed by atoms with Crippen LogP contribution in [-0.4, -0.2) is 88.0 Å². The van der Waals surface area contributed by atoms with Gasteiger partial charge in [-0.15, -0.1) is 0 Å². The molecule has 49 heavy (non-hydrogen) atoms. The highest BCUT2D eigenvalue weighted by Gasteiger charge is 2.44. The van der Waals surface area contributed by atoms with Crippen LogP contribution in [0.5, 0.6) is 5.75 Å². The summed E-state index contributed by atoms with van der Waals surface area (Å²) in [7, 11) is -4.09. The molecule has 0 radical (unpaired) electrons. The third-order valence-electron chi connectivity index (χ3n) is 11.3. The molecular formula is C37H47ClN4O6S. The lowest BCUT2D eigenvalue weighted by Gasteiger charge is -2.46. The van der Waals surface area contributed by atoms with Crippen molar-refractivity contribution in [2.75, 3.05) is 57.4 Å². The van der Waals surface area contributed by atoms with Gasteiger partial charge in [0.25, 0.3) is 5.91 Å². The quantitative estimate of drug-likeness (QED) is 0.440. The molecular weight excluding hydrogens is 664 g/mol. The molecule has 3 aliphatic heterocycles. The summed E-state index contributed by atoms with van der Waals surface area (Å²) in [5.74, 6) is 0.503. The Kier molecular flexibility index (Phi) is 9.98. The Hall–Kier alpha value is -3.12.